The molecule has 4 heteroatoms. The van der Waals surface area contributed by atoms with Crippen LogP contribution >= 0.6 is 0 Å². The van der Waals surface area contributed by atoms with Crippen molar-refractivity contribution in [1.82, 2.24) is 4.98 Å². The van der Waals surface area contributed by atoms with Gasteiger partial charge in [-0.1, -0.05) is 23.8 Å². The molecule has 0 fully saturated rings. The van der Waals surface area contributed by atoms with Crippen LogP contribution in [0.3, 0.4) is 0 Å². The molecule has 1 heterocycles. The zero-order valence-electron chi connectivity index (χ0n) is 13.3. The van der Waals surface area contributed by atoms with Crippen molar-refractivity contribution in [3.8, 4) is 0 Å². The molecule has 0 saturated carbocycles. The lowest BCUT2D eigenvalue weighted by molar-refractivity contribution is 1.07. The largest absolute Gasteiger partial charge is 0.308 e. The van der Waals surface area contributed by atoms with Crippen molar-refractivity contribution in [3.63, 3.8) is 0 Å². The molecule has 0 amide bonds. The Kier molecular flexibility index (Phi) is 7.26. The third kappa shape index (κ3) is 5.71. The summed E-state index contributed by atoms with van der Waals surface area (Å²) in [6, 6.07) is 5.69. The molecule has 0 aliphatic heterocycles. The quantitative estimate of drug-likeness (QED) is 0.594. The first-order chi connectivity index (χ1) is 10.6. The summed E-state index contributed by atoms with van der Waals surface area (Å²) in [5.41, 5.74) is 2.03. The van der Waals surface area contributed by atoms with Crippen molar-refractivity contribution >= 4 is 18.7 Å². The molecular formula is C18H22N4. The molecule has 0 aromatic carbocycles. The lowest BCUT2D eigenvalue weighted by Gasteiger charge is -2.19. The maximum atomic E-state index is 7.19. The highest BCUT2D eigenvalue weighted by Gasteiger charge is 2.07. The Bertz CT molecular complexity index is 618. The molecule has 0 atom stereocenters. The smallest absolute Gasteiger partial charge is 0.138 e. The predicted octanol–water partition coefficient (Wildman–Crippen LogP) is 4.51. The molecule has 0 radical (unpaired) electrons. The van der Waals surface area contributed by atoms with E-state index in [1.54, 1.807) is 6.20 Å². The van der Waals surface area contributed by atoms with Gasteiger partial charge in [-0.3, -0.25) is 4.90 Å². The summed E-state index contributed by atoms with van der Waals surface area (Å²) < 4.78 is 0. The van der Waals surface area contributed by atoms with Gasteiger partial charge in [-0.05, 0) is 57.3 Å². The van der Waals surface area contributed by atoms with E-state index in [1.807, 2.05) is 74.4 Å². The molecule has 114 valence electrons. The van der Waals surface area contributed by atoms with Crippen molar-refractivity contribution < 1.29 is 0 Å². The van der Waals surface area contributed by atoms with Gasteiger partial charge in [0.05, 0.1) is 0 Å². The second kappa shape index (κ2) is 9.23. The molecule has 1 N–H and O–H groups in total. The van der Waals surface area contributed by atoms with Crippen LogP contribution < -0.4 is 4.90 Å². The van der Waals surface area contributed by atoms with Gasteiger partial charge in [0.2, 0.25) is 0 Å². The van der Waals surface area contributed by atoms with Gasteiger partial charge >= 0.3 is 0 Å². The molecule has 4 nitrogen and oxygen atoms in total. The highest BCUT2D eigenvalue weighted by atomic mass is 15.2. The SMILES string of the molecule is C=N/C(=C\C=C(C)C)N(/C=C/C=C(/C)C=N)c1ccccn1. The fourth-order valence-electron chi connectivity index (χ4n) is 1.55. The van der Waals surface area contributed by atoms with Crippen molar-refractivity contribution in [1.29, 1.82) is 5.41 Å². The van der Waals surface area contributed by atoms with E-state index in [0.717, 1.165) is 11.4 Å². The average molecular weight is 294 g/mol. The summed E-state index contributed by atoms with van der Waals surface area (Å²) in [6.07, 6.45) is 12.5. The van der Waals surface area contributed by atoms with Gasteiger partial charge in [-0.2, -0.15) is 0 Å². The maximum absolute atomic E-state index is 7.19. The van der Waals surface area contributed by atoms with Crippen LogP contribution in [0.15, 0.2) is 76.9 Å². The predicted molar refractivity (Wildman–Crippen MR) is 95.5 cm³/mol. The highest BCUT2D eigenvalue weighted by Crippen LogP contribution is 2.18. The van der Waals surface area contributed by atoms with E-state index >= 15 is 0 Å². The van der Waals surface area contributed by atoms with Crippen LogP contribution in [-0.2, 0) is 0 Å². The first-order valence-electron chi connectivity index (χ1n) is 6.96. The third-order valence-electron chi connectivity index (χ3n) is 2.69. The fraction of sp³-hybridized carbons (Fsp3) is 0.167. The molecule has 0 aliphatic rings. The molecule has 0 bridgehead atoms. The number of rotatable bonds is 7. The van der Waals surface area contributed by atoms with Crippen LogP contribution in [-0.4, -0.2) is 17.9 Å². The first-order valence-corrected chi connectivity index (χ1v) is 6.96. The minimum atomic E-state index is 0.678. The van der Waals surface area contributed by atoms with Crippen LogP contribution in [0.4, 0.5) is 5.82 Å². The van der Waals surface area contributed by atoms with E-state index in [0.29, 0.717) is 5.82 Å². The number of hydrogen-bond donors (Lipinski definition) is 1. The van der Waals surface area contributed by atoms with E-state index in [9.17, 15) is 0 Å². The Labute approximate surface area is 132 Å². The van der Waals surface area contributed by atoms with Crippen LogP contribution in [0.2, 0.25) is 0 Å². The van der Waals surface area contributed by atoms with Crippen LogP contribution in [0.5, 0.6) is 0 Å². The summed E-state index contributed by atoms with van der Waals surface area (Å²) in [5, 5.41) is 7.19. The summed E-state index contributed by atoms with van der Waals surface area (Å²) in [5.74, 6) is 1.43. The number of aliphatic imine (C=N–C) groups is 1. The lowest BCUT2D eigenvalue weighted by Crippen LogP contribution is -2.15. The minimum Gasteiger partial charge on any atom is -0.308 e. The Morgan fingerprint density at radius 3 is 2.55 bits per heavy atom. The number of anilines is 1. The van der Waals surface area contributed by atoms with Gasteiger partial charge in [0.15, 0.2) is 0 Å². The van der Waals surface area contributed by atoms with Gasteiger partial charge in [0, 0.05) is 18.6 Å². The van der Waals surface area contributed by atoms with Crippen molar-refractivity contribution in [2.75, 3.05) is 4.90 Å². The topological polar surface area (TPSA) is 52.3 Å². The summed E-state index contributed by atoms with van der Waals surface area (Å²) in [6.45, 7) is 9.56. The molecule has 1 rings (SSSR count). The molecule has 1 aromatic heterocycles. The first kappa shape index (κ1) is 17.3. The lowest BCUT2D eigenvalue weighted by atomic mass is 10.3. The number of hydrogen-bond acceptors (Lipinski definition) is 4. The van der Waals surface area contributed by atoms with Gasteiger partial charge in [0.1, 0.15) is 11.6 Å². The number of allylic oxidation sites excluding steroid dienone is 6. The zero-order chi connectivity index (χ0) is 16.4. The van der Waals surface area contributed by atoms with Gasteiger partial charge in [-0.25, -0.2) is 9.98 Å². The third-order valence-corrected chi connectivity index (χ3v) is 2.69. The van der Waals surface area contributed by atoms with Gasteiger partial charge in [-0.15, -0.1) is 0 Å². The van der Waals surface area contributed by atoms with Crippen molar-refractivity contribution in [2.45, 2.75) is 20.8 Å². The molecular weight excluding hydrogens is 272 g/mol. The Morgan fingerprint density at radius 2 is 2.00 bits per heavy atom. The zero-order valence-corrected chi connectivity index (χ0v) is 13.3. The highest BCUT2D eigenvalue weighted by molar-refractivity contribution is 5.75. The molecule has 1 aromatic rings. The van der Waals surface area contributed by atoms with E-state index in [-0.39, 0.29) is 0 Å². The van der Waals surface area contributed by atoms with E-state index in [1.165, 1.54) is 11.8 Å². The Hall–Kier alpha value is -2.75. The second-order valence-electron chi connectivity index (χ2n) is 4.88. The number of aromatic nitrogens is 1. The van der Waals surface area contributed by atoms with Crippen molar-refractivity contribution in [3.05, 3.63) is 71.9 Å². The van der Waals surface area contributed by atoms with E-state index < -0.39 is 0 Å². The van der Waals surface area contributed by atoms with Crippen LogP contribution in [0, 0.1) is 5.41 Å². The standard InChI is InChI=1S/C18H22N4/c1-15(2)10-11-17(20-4)22(13-7-8-16(3)14-19)18-9-5-6-12-21-18/h5-14,19H,4H2,1-3H3/b13-7+,16-8-,17-11+,19-14?. The minimum absolute atomic E-state index is 0.678. The summed E-state index contributed by atoms with van der Waals surface area (Å²) in [7, 11) is 0. The van der Waals surface area contributed by atoms with Crippen LogP contribution in [0.25, 0.3) is 0 Å². The molecule has 0 saturated heterocycles. The van der Waals surface area contributed by atoms with Crippen LogP contribution in [0.1, 0.15) is 20.8 Å². The maximum Gasteiger partial charge on any atom is 0.138 e. The number of nitrogens with one attached hydrogen (secondary N) is 1. The Morgan fingerprint density at radius 1 is 1.23 bits per heavy atom. The average Bonchev–Trinajstić information content (AvgIpc) is 2.53. The fourth-order valence-corrected chi connectivity index (χ4v) is 1.55. The Balaban J connectivity index is 3.22. The van der Waals surface area contributed by atoms with E-state index in [4.69, 9.17) is 5.41 Å². The van der Waals surface area contributed by atoms with Crippen molar-refractivity contribution in [2.24, 2.45) is 4.99 Å². The molecule has 0 spiro atoms. The summed E-state index contributed by atoms with van der Waals surface area (Å²) in [4.78, 5) is 10.3. The number of pyridine rings is 1. The van der Waals surface area contributed by atoms with Gasteiger partial charge in [0.25, 0.3) is 0 Å². The number of nitrogens with zero attached hydrogens (tertiary/aromatic N) is 3. The molecule has 0 unspecified atom stereocenters. The molecule has 22 heavy (non-hydrogen) atoms. The molecule has 0 aliphatic carbocycles. The monoisotopic (exact) mass is 294 g/mol. The normalized spacial score (nSPS) is 12.1. The second-order valence-corrected chi connectivity index (χ2v) is 4.88. The summed E-state index contributed by atoms with van der Waals surface area (Å²) >= 11 is 0. The van der Waals surface area contributed by atoms with E-state index in [2.05, 4.69) is 16.7 Å². The van der Waals surface area contributed by atoms with Gasteiger partial charge < -0.3 is 5.41 Å².